The lowest BCUT2D eigenvalue weighted by molar-refractivity contribution is -0.404. The molecule has 0 atom stereocenters. The molecule has 0 radical (unpaired) electrons. The summed E-state index contributed by atoms with van der Waals surface area (Å²) in [6, 6.07) is 3.29. The van der Waals surface area contributed by atoms with Crippen LogP contribution in [0.1, 0.15) is 0 Å². The van der Waals surface area contributed by atoms with Crippen LogP contribution in [0, 0.1) is 10.1 Å². The van der Waals surface area contributed by atoms with Gasteiger partial charge in [-0.05, 0) is 12.1 Å². The van der Waals surface area contributed by atoms with Crippen molar-refractivity contribution in [2.45, 2.75) is 0 Å². The lowest BCUT2D eigenvalue weighted by Crippen LogP contribution is -1.94. The van der Waals surface area contributed by atoms with Crippen LogP contribution in [0.4, 0.5) is 5.88 Å². The van der Waals surface area contributed by atoms with E-state index in [4.69, 9.17) is 4.42 Å². The second-order valence-corrected chi connectivity index (χ2v) is 3.17. The van der Waals surface area contributed by atoms with Gasteiger partial charge in [-0.3, -0.25) is 14.6 Å². The molecule has 3 heterocycles. The Kier molecular flexibility index (Phi) is 1.87. The zero-order chi connectivity index (χ0) is 11.8. The van der Waals surface area contributed by atoms with Crippen LogP contribution in [0.2, 0.25) is 0 Å². The van der Waals surface area contributed by atoms with Crippen LogP contribution in [-0.4, -0.2) is 20.3 Å². The minimum atomic E-state index is -0.675. The first-order chi connectivity index (χ1) is 8.27. The Balaban J connectivity index is 2.31. The number of nitro groups is 1. The van der Waals surface area contributed by atoms with Gasteiger partial charge in [0.05, 0.1) is 12.5 Å². The van der Waals surface area contributed by atoms with Crippen LogP contribution in [0.25, 0.3) is 22.7 Å². The minimum Gasteiger partial charge on any atom is -0.463 e. The summed E-state index contributed by atoms with van der Waals surface area (Å²) < 4.78 is 9.76. The average Bonchev–Trinajstić information content (AvgIpc) is 2.96. The lowest BCUT2D eigenvalue weighted by Gasteiger charge is -1.96. The number of hydrogen-bond acceptors (Lipinski definition) is 7. The van der Waals surface area contributed by atoms with E-state index in [0.29, 0.717) is 5.76 Å². The third kappa shape index (κ3) is 1.34. The monoisotopic (exact) mass is 232 g/mol. The van der Waals surface area contributed by atoms with Crippen LogP contribution in [0.15, 0.2) is 33.5 Å². The van der Waals surface area contributed by atoms with Crippen molar-refractivity contribution >= 4 is 5.88 Å². The van der Waals surface area contributed by atoms with E-state index in [2.05, 4.69) is 19.9 Å². The van der Waals surface area contributed by atoms with E-state index in [1.807, 2.05) is 0 Å². The molecule has 0 aromatic carbocycles. The molecule has 0 N–H and O–H groups in total. The van der Waals surface area contributed by atoms with Gasteiger partial charge in [0.25, 0.3) is 0 Å². The van der Waals surface area contributed by atoms with E-state index in [1.54, 1.807) is 12.1 Å². The minimum absolute atomic E-state index is 0.181. The van der Waals surface area contributed by atoms with Gasteiger partial charge < -0.3 is 4.42 Å². The quantitative estimate of drug-likeness (QED) is 0.488. The Bertz CT molecular complexity index is 645. The molecular weight excluding hydrogens is 228 g/mol. The molecule has 1 aromatic rings. The maximum atomic E-state index is 10.8. The molecule has 0 amide bonds. The largest absolute Gasteiger partial charge is 0.465 e. The molecule has 2 aliphatic rings. The van der Waals surface area contributed by atoms with Gasteiger partial charge in [-0.25, -0.2) is 0 Å². The fourth-order valence-corrected chi connectivity index (χ4v) is 1.51. The predicted molar refractivity (Wildman–Crippen MR) is 53.1 cm³/mol. The first kappa shape index (κ1) is 9.46. The van der Waals surface area contributed by atoms with Gasteiger partial charge in [-0.1, -0.05) is 5.16 Å². The van der Waals surface area contributed by atoms with Crippen LogP contribution in [0.5, 0.6) is 0 Å². The van der Waals surface area contributed by atoms with E-state index in [0.717, 1.165) is 0 Å². The van der Waals surface area contributed by atoms with Crippen molar-refractivity contribution < 1.29 is 13.9 Å². The SMILES string of the molecule is O=[N+]([O-])c1oncc2nnc(-c3ccco3)c1-2. The van der Waals surface area contributed by atoms with E-state index in [1.165, 1.54) is 12.5 Å². The smallest absolute Gasteiger partial charge is 0.463 e. The fraction of sp³-hybridized carbons (Fsp3) is 0. The molecule has 0 saturated carbocycles. The van der Waals surface area contributed by atoms with Crippen molar-refractivity contribution in [1.29, 1.82) is 0 Å². The van der Waals surface area contributed by atoms with Gasteiger partial charge in [0.2, 0.25) is 0 Å². The third-order valence-electron chi connectivity index (χ3n) is 2.20. The number of fused-ring (bicyclic) bond motifs is 1. The molecule has 0 spiro atoms. The molecule has 2 aliphatic heterocycles. The topological polar surface area (TPSA) is 108 Å². The van der Waals surface area contributed by atoms with Gasteiger partial charge >= 0.3 is 5.88 Å². The summed E-state index contributed by atoms with van der Waals surface area (Å²) in [5, 5.41) is 21.8. The van der Waals surface area contributed by atoms with Crippen molar-refractivity contribution in [2.24, 2.45) is 0 Å². The Hall–Kier alpha value is -2.77. The average molecular weight is 232 g/mol. The molecule has 84 valence electrons. The van der Waals surface area contributed by atoms with Gasteiger partial charge in [-0.2, -0.15) is 0 Å². The summed E-state index contributed by atoms with van der Waals surface area (Å²) in [6.07, 6.45) is 2.71. The second kappa shape index (κ2) is 3.37. The molecule has 8 heteroatoms. The summed E-state index contributed by atoms with van der Waals surface area (Å²) in [5.74, 6) is -0.115. The van der Waals surface area contributed by atoms with Crippen molar-refractivity contribution in [2.75, 3.05) is 0 Å². The molecule has 0 saturated heterocycles. The Morgan fingerprint density at radius 1 is 1.35 bits per heavy atom. The van der Waals surface area contributed by atoms with Crippen molar-refractivity contribution in [1.82, 2.24) is 15.4 Å². The molecule has 0 bridgehead atoms. The normalized spacial score (nSPS) is 10.8. The van der Waals surface area contributed by atoms with Gasteiger partial charge in [0.1, 0.15) is 16.3 Å². The third-order valence-corrected chi connectivity index (χ3v) is 2.20. The maximum Gasteiger partial charge on any atom is 0.465 e. The van der Waals surface area contributed by atoms with Gasteiger partial charge in [0, 0.05) is 0 Å². The number of rotatable bonds is 2. The maximum absolute atomic E-state index is 10.8. The first-order valence-corrected chi connectivity index (χ1v) is 4.56. The summed E-state index contributed by atoms with van der Waals surface area (Å²) in [7, 11) is 0. The van der Waals surface area contributed by atoms with E-state index in [9.17, 15) is 10.1 Å². The first-order valence-electron chi connectivity index (χ1n) is 4.56. The van der Waals surface area contributed by atoms with E-state index < -0.39 is 10.8 Å². The summed E-state index contributed by atoms with van der Waals surface area (Å²) in [6.45, 7) is 0. The zero-order valence-electron chi connectivity index (χ0n) is 8.23. The standard InChI is InChI=1S/C9H4N4O4/c14-13(15)9-7-5(4-10-17-9)11-12-8(7)6-2-1-3-16-6/h1-4H. The van der Waals surface area contributed by atoms with Gasteiger partial charge in [-0.15, -0.1) is 10.2 Å². The Labute approximate surface area is 93.3 Å². The van der Waals surface area contributed by atoms with Crippen molar-refractivity contribution in [3.63, 3.8) is 0 Å². The van der Waals surface area contributed by atoms with Crippen molar-refractivity contribution in [3.05, 3.63) is 34.7 Å². The number of nitrogens with zero attached hydrogens (tertiary/aromatic N) is 4. The highest BCUT2D eigenvalue weighted by molar-refractivity contribution is 5.82. The molecular formula is C9H4N4O4. The summed E-state index contributed by atoms with van der Waals surface area (Å²) in [5.41, 5.74) is 0.733. The fourth-order valence-electron chi connectivity index (χ4n) is 1.51. The van der Waals surface area contributed by atoms with Crippen LogP contribution in [0.3, 0.4) is 0 Å². The highest BCUT2D eigenvalue weighted by Crippen LogP contribution is 2.37. The van der Waals surface area contributed by atoms with E-state index in [-0.39, 0.29) is 17.0 Å². The number of furan rings is 1. The molecule has 0 fully saturated rings. The Morgan fingerprint density at radius 3 is 2.94 bits per heavy atom. The molecule has 0 aliphatic carbocycles. The van der Waals surface area contributed by atoms with Gasteiger partial charge in [0.15, 0.2) is 11.3 Å². The molecule has 8 nitrogen and oxygen atoms in total. The molecule has 1 aromatic heterocycles. The highest BCUT2D eigenvalue weighted by atomic mass is 16.7. The van der Waals surface area contributed by atoms with Crippen molar-refractivity contribution in [3.8, 4) is 22.7 Å². The predicted octanol–water partition coefficient (Wildman–Crippen LogP) is 1.74. The second-order valence-electron chi connectivity index (χ2n) is 3.17. The molecule has 17 heavy (non-hydrogen) atoms. The molecule has 0 unspecified atom stereocenters. The van der Waals surface area contributed by atoms with Crippen LogP contribution >= 0.6 is 0 Å². The van der Waals surface area contributed by atoms with Crippen LogP contribution in [-0.2, 0) is 0 Å². The summed E-state index contributed by atoms with van der Waals surface area (Å²) in [4.78, 5) is 10.1. The van der Waals surface area contributed by atoms with Crippen LogP contribution < -0.4 is 0 Å². The number of aromatic nitrogens is 3. The Morgan fingerprint density at radius 2 is 2.24 bits per heavy atom. The van der Waals surface area contributed by atoms with E-state index >= 15 is 0 Å². The zero-order valence-corrected chi connectivity index (χ0v) is 8.23. The molecule has 3 rings (SSSR count). The lowest BCUT2D eigenvalue weighted by atomic mass is 10.1. The number of hydrogen-bond donors (Lipinski definition) is 0. The summed E-state index contributed by atoms with van der Waals surface area (Å²) >= 11 is 0. The highest BCUT2D eigenvalue weighted by Gasteiger charge is 2.30.